The number of fused-ring (bicyclic) bond motifs is 1. The Hall–Kier alpha value is -2.15. The Morgan fingerprint density at radius 3 is 2.77 bits per heavy atom. The second kappa shape index (κ2) is 5.57. The van der Waals surface area contributed by atoms with Gasteiger partial charge in [0.2, 0.25) is 0 Å². The molecule has 2 heterocycles. The molecule has 2 atom stereocenters. The van der Waals surface area contributed by atoms with Crippen molar-refractivity contribution in [3.05, 3.63) is 47.9 Å². The van der Waals surface area contributed by atoms with Crippen molar-refractivity contribution in [2.24, 2.45) is 0 Å². The molecule has 3 rings (SSSR count). The number of aliphatic hydroxyl groups excluding tert-OH is 1. The van der Waals surface area contributed by atoms with Gasteiger partial charge in [-0.25, -0.2) is 0 Å². The van der Waals surface area contributed by atoms with Gasteiger partial charge >= 0.3 is 6.36 Å². The second-order valence-corrected chi connectivity index (χ2v) is 5.21. The molecule has 0 amide bonds. The summed E-state index contributed by atoms with van der Waals surface area (Å²) in [6.45, 7) is 0. The van der Waals surface area contributed by atoms with E-state index in [2.05, 4.69) is 10.1 Å². The molecule has 0 unspecified atom stereocenters. The van der Waals surface area contributed by atoms with E-state index < -0.39 is 12.5 Å². The van der Waals surface area contributed by atoms with E-state index in [-0.39, 0.29) is 18.2 Å². The Morgan fingerprint density at radius 1 is 1.27 bits per heavy atom. The number of benzene rings is 1. The molecule has 1 aromatic carbocycles. The molecule has 1 aliphatic heterocycles. The summed E-state index contributed by atoms with van der Waals surface area (Å²) in [5, 5.41) is 13.3. The lowest BCUT2D eigenvalue weighted by atomic mass is 10.0. The first kappa shape index (κ1) is 14.8. The van der Waals surface area contributed by atoms with Crippen LogP contribution in [0, 0.1) is 0 Å². The van der Waals surface area contributed by atoms with Gasteiger partial charge in [-0.1, -0.05) is 0 Å². The van der Waals surface area contributed by atoms with E-state index in [9.17, 15) is 18.3 Å². The van der Waals surface area contributed by atoms with Crippen molar-refractivity contribution in [3.63, 3.8) is 0 Å². The number of rotatable bonds is 2. The van der Waals surface area contributed by atoms with E-state index in [1.807, 2.05) is 0 Å². The smallest absolute Gasteiger partial charge is 0.472 e. The average Bonchev–Trinajstić information content (AvgIpc) is 2.87. The van der Waals surface area contributed by atoms with Crippen LogP contribution in [0.4, 0.5) is 18.9 Å². The largest absolute Gasteiger partial charge is 0.573 e. The van der Waals surface area contributed by atoms with Crippen LogP contribution in [0.2, 0.25) is 0 Å². The molecule has 0 aliphatic carbocycles. The first-order chi connectivity index (χ1) is 10.4. The number of anilines is 1. The number of furan rings is 1. The molecule has 0 bridgehead atoms. The normalized spacial score (nSPS) is 21.6. The number of hydrogen-bond donors (Lipinski definition) is 2. The predicted molar refractivity (Wildman–Crippen MR) is 72.5 cm³/mol. The van der Waals surface area contributed by atoms with Crippen molar-refractivity contribution in [1.82, 2.24) is 0 Å². The number of alkyl halides is 3. The molecular formula is C15H14F3NO3. The Balaban J connectivity index is 1.87. The van der Waals surface area contributed by atoms with Crippen molar-refractivity contribution in [1.29, 1.82) is 0 Å². The highest BCUT2D eigenvalue weighted by Gasteiger charge is 2.32. The van der Waals surface area contributed by atoms with Crippen LogP contribution in [0.3, 0.4) is 0 Å². The van der Waals surface area contributed by atoms with Crippen LogP contribution in [0.1, 0.15) is 23.6 Å². The molecule has 118 valence electrons. The van der Waals surface area contributed by atoms with Gasteiger partial charge in [0.05, 0.1) is 24.7 Å². The second-order valence-electron chi connectivity index (χ2n) is 5.21. The van der Waals surface area contributed by atoms with Gasteiger partial charge < -0.3 is 19.6 Å². The number of aliphatic hydroxyl groups is 1. The molecule has 2 N–H and O–H groups in total. The Morgan fingerprint density at radius 2 is 2.09 bits per heavy atom. The van der Waals surface area contributed by atoms with E-state index in [0.717, 1.165) is 5.56 Å². The third-order valence-electron chi connectivity index (χ3n) is 3.55. The van der Waals surface area contributed by atoms with E-state index in [1.165, 1.54) is 24.5 Å². The fourth-order valence-electron chi connectivity index (χ4n) is 2.63. The Kier molecular flexibility index (Phi) is 3.74. The topological polar surface area (TPSA) is 54.6 Å². The monoisotopic (exact) mass is 313 g/mol. The molecule has 1 aromatic heterocycles. The molecule has 7 heteroatoms. The van der Waals surface area contributed by atoms with Crippen LogP contribution in [0.15, 0.2) is 41.2 Å². The molecular weight excluding hydrogens is 299 g/mol. The van der Waals surface area contributed by atoms with Gasteiger partial charge in [-0.15, -0.1) is 13.2 Å². The standard InChI is InChI=1S/C15H14F3NO3/c16-15(17,18)22-12-1-2-13-10(6-12)5-11(20)7-14(19-13)9-3-4-21-8-9/h1-4,6,8,11,14,19-20H,5,7H2/t11-,14+/m1/s1. The van der Waals surface area contributed by atoms with Gasteiger partial charge in [-0.2, -0.15) is 0 Å². The van der Waals surface area contributed by atoms with Crippen LogP contribution < -0.4 is 10.1 Å². The van der Waals surface area contributed by atoms with Crippen LogP contribution in [-0.2, 0) is 6.42 Å². The predicted octanol–water partition coefficient (Wildman–Crippen LogP) is 3.64. The zero-order valence-electron chi connectivity index (χ0n) is 11.4. The number of nitrogens with one attached hydrogen (secondary N) is 1. The minimum atomic E-state index is -4.73. The summed E-state index contributed by atoms with van der Waals surface area (Å²) in [4.78, 5) is 0. The summed E-state index contributed by atoms with van der Waals surface area (Å²) < 4.78 is 45.8. The molecule has 0 spiro atoms. The van der Waals surface area contributed by atoms with Gasteiger partial charge in [-0.3, -0.25) is 0 Å². The first-order valence-corrected chi connectivity index (χ1v) is 6.76. The van der Waals surface area contributed by atoms with Gasteiger partial charge in [0, 0.05) is 17.7 Å². The first-order valence-electron chi connectivity index (χ1n) is 6.76. The maximum Gasteiger partial charge on any atom is 0.573 e. The zero-order valence-corrected chi connectivity index (χ0v) is 11.4. The third-order valence-corrected chi connectivity index (χ3v) is 3.55. The van der Waals surface area contributed by atoms with Crippen LogP contribution in [0.5, 0.6) is 5.75 Å². The van der Waals surface area contributed by atoms with Crippen LogP contribution in [0.25, 0.3) is 0 Å². The minimum absolute atomic E-state index is 0.163. The highest BCUT2D eigenvalue weighted by Crippen LogP contribution is 2.34. The van der Waals surface area contributed by atoms with Gasteiger partial charge in [0.1, 0.15) is 5.75 Å². The maximum absolute atomic E-state index is 12.3. The van der Waals surface area contributed by atoms with Crippen LogP contribution in [-0.4, -0.2) is 17.6 Å². The summed E-state index contributed by atoms with van der Waals surface area (Å²) in [7, 11) is 0. The van der Waals surface area contributed by atoms with Crippen molar-refractivity contribution in [3.8, 4) is 5.75 Å². The highest BCUT2D eigenvalue weighted by molar-refractivity contribution is 5.56. The summed E-state index contributed by atoms with van der Waals surface area (Å²) in [6, 6.07) is 5.71. The molecule has 0 saturated heterocycles. The quantitative estimate of drug-likeness (QED) is 0.889. The minimum Gasteiger partial charge on any atom is -0.472 e. The number of hydrogen-bond acceptors (Lipinski definition) is 4. The van der Waals surface area contributed by atoms with E-state index in [1.54, 1.807) is 12.3 Å². The molecule has 1 aliphatic rings. The Bertz CT molecular complexity index is 640. The molecule has 22 heavy (non-hydrogen) atoms. The molecule has 0 radical (unpaired) electrons. The number of halogens is 3. The summed E-state index contributed by atoms with van der Waals surface area (Å²) in [6.07, 6.45) is -1.60. The van der Waals surface area contributed by atoms with Gasteiger partial charge in [-0.05, 0) is 36.2 Å². The molecule has 0 fully saturated rings. The van der Waals surface area contributed by atoms with Crippen molar-refractivity contribution in [2.45, 2.75) is 31.3 Å². The van der Waals surface area contributed by atoms with Crippen molar-refractivity contribution >= 4 is 5.69 Å². The van der Waals surface area contributed by atoms with Crippen LogP contribution >= 0.6 is 0 Å². The molecule has 2 aromatic rings. The van der Waals surface area contributed by atoms with Crippen molar-refractivity contribution < 1.29 is 27.4 Å². The van der Waals surface area contributed by atoms with E-state index in [0.29, 0.717) is 17.7 Å². The summed E-state index contributed by atoms with van der Waals surface area (Å²) in [5.41, 5.74) is 2.14. The average molecular weight is 313 g/mol. The van der Waals surface area contributed by atoms with Crippen molar-refractivity contribution in [2.75, 3.05) is 5.32 Å². The third kappa shape index (κ3) is 3.36. The highest BCUT2D eigenvalue weighted by atomic mass is 19.4. The zero-order chi connectivity index (χ0) is 15.7. The van der Waals surface area contributed by atoms with Gasteiger partial charge in [0.15, 0.2) is 0 Å². The number of ether oxygens (including phenoxy) is 1. The summed E-state index contributed by atoms with van der Waals surface area (Å²) >= 11 is 0. The van der Waals surface area contributed by atoms with E-state index >= 15 is 0 Å². The van der Waals surface area contributed by atoms with Gasteiger partial charge in [0.25, 0.3) is 0 Å². The Labute approximate surface area is 124 Å². The lowest BCUT2D eigenvalue weighted by molar-refractivity contribution is -0.274. The SMILES string of the molecule is O[C@@H]1Cc2cc(OC(F)(F)F)ccc2N[C@H](c2ccoc2)C1. The fourth-order valence-corrected chi connectivity index (χ4v) is 2.63. The summed E-state index contributed by atoms with van der Waals surface area (Å²) in [5.74, 6) is -0.290. The molecule has 0 saturated carbocycles. The van der Waals surface area contributed by atoms with E-state index in [4.69, 9.17) is 4.42 Å². The lowest BCUT2D eigenvalue weighted by Crippen LogP contribution is -2.17. The lowest BCUT2D eigenvalue weighted by Gasteiger charge is -2.18. The molecule has 4 nitrogen and oxygen atoms in total. The fraction of sp³-hybridized carbons (Fsp3) is 0.333. The maximum atomic E-state index is 12.3.